The number of rotatable bonds is 5. The van der Waals surface area contributed by atoms with Gasteiger partial charge in [0.1, 0.15) is 18.1 Å². The Labute approximate surface area is 147 Å². The molecule has 0 N–H and O–H groups in total. The van der Waals surface area contributed by atoms with Gasteiger partial charge in [0.05, 0.1) is 18.6 Å². The maximum Gasteiger partial charge on any atom is 0.313 e. The monoisotopic (exact) mass is 341 g/mol. The highest BCUT2D eigenvalue weighted by molar-refractivity contribution is 5.91. The predicted octanol–water partition coefficient (Wildman–Crippen LogP) is 2.17. The molecule has 5 heteroatoms. The third kappa shape index (κ3) is 2.67. The van der Waals surface area contributed by atoms with Gasteiger partial charge in [0.25, 0.3) is 0 Å². The fraction of sp³-hybridized carbons (Fsp3) is 0.500. The van der Waals surface area contributed by atoms with E-state index in [1.165, 1.54) is 0 Å². The molecule has 1 aromatic carbocycles. The van der Waals surface area contributed by atoms with E-state index >= 15 is 0 Å². The minimum Gasteiger partial charge on any atom is -0.460 e. The largest absolute Gasteiger partial charge is 0.460 e. The molecule has 1 aromatic rings. The number of esters is 1. The number of ether oxygens (including phenoxy) is 2. The summed E-state index contributed by atoms with van der Waals surface area (Å²) in [5, 5.41) is 0. The van der Waals surface area contributed by atoms with E-state index in [2.05, 4.69) is 13.8 Å². The zero-order valence-corrected chi connectivity index (χ0v) is 14.6. The van der Waals surface area contributed by atoms with Gasteiger partial charge in [-0.05, 0) is 11.5 Å². The van der Waals surface area contributed by atoms with E-state index in [0.29, 0.717) is 19.0 Å². The van der Waals surface area contributed by atoms with Crippen molar-refractivity contribution in [2.75, 3.05) is 13.1 Å². The van der Waals surface area contributed by atoms with E-state index in [-0.39, 0.29) is 24.6 Å². The van der Waals surface area contributed by atoms with Crippen molar-refractivity contribution in [3.05, 3.63) is 48.0 Å². The Morgan fingerprint density at radius 3 is 2.84 bits per heavy atom. The molecule has 2 fully saturated rings. The maximum atomic E-state index is 12.9. The number of nitrogens with zero attached hydrogens (tertiary/aromatic N) is 1. The van der Waals surface area contributed by atoms with Gasteiger partial charge in [-0.15, -0.1) is 0 Å². The highest BCUT2D eigenvalue weighted by Gasteiger charge is 2.67. The van der Waals surface area contributed by atoms with Crippen molar-refractivity contribution in [2.24, 2.45) is 17.8 Å². The Balaban J connectivity index is 1.50. The highest BCUT2D eigenvalue weighted by Crippen LogP contribution is 2.52. The van der Waals surface area contributed by atoms with Crippen molar-refractivity contribution in [3.63, 3.8) is 0 Å². The second kappa shape index (κ2) is 5.99. The van der Waals surface area contributed by atoms with E-state index in [4.69, 9.17) is 9.47 Å². The summed E-state index contributed by atoms with van der Waals surface area (Å²) in [5.41, 5.74) is 0.289. The molecule has 0 aromatic heterocycles. The average molecular weight is 341 g/mol. The van der Waals surface area contributed by atoms with Crippen molar-refractivity contribution in [2.45, 2.75) is 32.2 Å². The number of fused-ring (bicyclic) bond motifs is 1. The van der Waals surface area contributed by atoms with Crippen molar-refractivity contribution >= 4 is 11.9 Å². The minimum atomic E-state index is -0.646. The number of likely N-dealkylation sites (tertiary alicyclic amines) is 1. The molecule has 0 radical (unpaired) electrons. The third-order valence-electron chi connectivity index (χ3n) is 5.26. The predicted molar refractivity (Wildman–Crippen MR) is 91.4 cm³/mol. The summed E-state index contributed by atoms with van der Waals surface area (Å²) in [6, 6.07) is 9.57. The first kappa shape index (κ1) is 16.3. The molecule has 5 nitrogen and oxygen atoms in total. The number of hydrogen-bond donors (Lipinski definition) is 0. The topological polar surface area (TPSA) is 55.8 Å². The van der Waals surface area contributed by atoms with Crippen LogP contribution in [-0.2, 0) is 25.7 Å². The molecule has 0 saturated carbocycles. The van der Waals surface area contributed by atoms with Gasteiger partial charge in [-0.25, -0.2) is 0 Å². The molecule has 0 aliphatic carbocycles. The second-order valence-corrected chi connectivity index (χ2v) is 7.61. The van der Waals surface area contributed by atoms with Crippen LogP contribution in [0.1, 0.15) is 19.4 Å². The highest BCUT2D eigenvalue weighted by atomic mass is 16.6. The molecule has 4 rings (SSSR count). The quantitative estimate of drug-likeness (QED) is 0.608. The molecule has 2 bridgehead atoms. The molecular formula is C20H23NO4. The molecule has 3 heterocycles. The van der Waals surface area contributed by atoms with Crippen LogP contribution >= 0.6 is 0 Å². The lowest BCUT2D eigenvalue weighted by Crippen LogP contribution is -2.40. The summed E-state index contributed by atoms with van der Waals surface area (Å²) in [4.78, 5) is 27.4. The zero-order chi connectivity index (χ0) is 17.6. The van der Waals surface area contributed by atoms with E-state index in [9.17, 15) is 9.59 Å². The lowest BCUT2D eigenvalue weighted by atomic mass is 9.77. The molecule has 0 unspecified atom stereocenters. The smallest absolute Gasteiger partial charge is 0.313 e. The van der Waals surface area contributed by atoms with Gasteiger partial charge in [0.15, 0.2) is 0 Å². The van der Waals surface area contributed by atoms with Crippen LogP contribution in [0, 0.1) is 17.8 Å². The van der Waals surface area contributed by atoms with Gasteiger partial charge in [0, 0.05) is 6.54 Å². The third-order valence-corrected chi connectivity index (χ3v) is 5.26. The van der Waals surface area contributed by atoms with Crippen LogP contribution in [0.5, 0.6) is 0 Å². The van der Waals surface area contributed by atoms with E-state index in [0.717, 1.165) is 5.56 Å². The first-order valence-corrected chi connectivity index (χ1v) is 8.87. The van der Waals surface area contributed by atoms with Crippen molar-refractivity contribution in [1.82, 2.24) is 4.90 Å². The summed E-state index contributed by atoms with van der Waals surface area (Å²) >= 11 is 0. The molecule has 2 saturated heterocycles. The number of hydrogen-bond acceptors (Lipinski definition) is 4. The lowest BCUT2D eigenvalue weighted by Gasteiger charge is -2.23. The molecular weight excluding hydrogens is 318 g/mol. The Morgan fingerprint density at radius 2 is 2.12 bits per heavy atom. The normalized spacial score (nSPS) is 32.5. The number of amides is 1. The van der Waals surface area contributed by atoms with E-state index in [1.54, 1.807) is 0 Å². The number of carbonyl (C=O) groups excluding carboxylic acids is 2. The Morgan fingerprint density at radius 1 is 1.36 bits per heavy atom. The van der Waals surface area contributed by atoms with Gasteiger partial charge in [0.2, 0.25) is 5.91 Å². The van der Waals surface area contributed by atoms with Crippen molar-refractivity contribution < 1.29 is 19.1 Å². The van der Waals surface area contributed by atoms with Crippen LogP contribution in [0.15, 0.2) is 42.5 Å². The van der Waals surface area contributed by atoms with Crippen LogP contribution in [-0.4, -0.2) is 41.6 Å². The first-order chi connectivity index (χ1) is 12.0. The molecule has 4 atom stereocenters. The van der Waals surface area contributed by atoms with Crippen LogP contribution in [0.3, 0.4) is 0 Å². The average Bonchev–Trinajstić information content (AvgIpc) is 3.22. The van der Waals surface area contributed by atoms with E-state index < -0.39 is 17.4 Å². The molecule has 1 spiro atoms. The van der Waals surface area contributed by atoms with E-state index in [1.807, 2.05) is 47.4 Å². The van der Waals surface area contributed by atoms with Crippen molar-refractivity contribution in [3.8, 4) is 0 Å². The molecule has 1 amide bonds. The molecule has 3 aliphatic heterocycles. The van der Waals surface area contributed by atoms with Gasteiger partial charge < -0.3 is 14.4 Å². The minimum absolute atomic E-state index is 0.0159. The zero-order valence-electron chi connectivity index (χ0n) is 14.6. The molecule has 25 heavy (non-hydrogen) atoms. The molecule has 132 valence electrons. The Bertz CT molecular complexity index is 714. The summed E-state index contributed by atoms with van der Waals surface area (Å²) in [5.74, 6) is -0.946. The van der Waals surface area contributed by atoms with Crippen LogP contribution in [0.25, 0.3) is 0 Å². The van der Waals surface area contributed by atoms with Crippen LogP contribution in [0.4, 0.5) is 0 Å². The fourth-order valence-corrected chi connectivity index (χ4v) is 4.27. The van der Waals surface area contributed by atoms with Crippen LogP contribution < -0.4 is 0 Å². The van der Waals surface area contributed by atoms with Crippen molar-refractivity contribution in [1.29, 1.82) is 0 Å². The van der Waals surface area contributed by atoms with Gasteiger partial charge >= 0.3 is 5.97 Å². The van der Waals surface area contributed by atoms with Gasteiger partial charge in [-0.2, -0.15) is 0 Å². The van der Waals surface area contributed by atoms with Gasteiger partial charge in [-0.1, -0.05) is 56.3 Å². The number of benzene rings is 1. The number of carbonyl (C=O) groups is 2. The Kier molecular flexibility index (Phi) is 3.91. The summed E-state index contributed by atoms with van der Waals surface area (Å²) < 4.78 is 11.6. The maximum absolute atomic E-state index is 12.9. The first-order valence-electron chi connectivity index (χ1n) is 8.87. The lowest BCUT2D eigenvalue weighted by molar-refractivity contribution is -0.155. The van der Waals surface area contributed by atoms with Crippen LogP contribution in [0.2, 0.25) is 0 Å². The molecule has 3 aliphatic rings. The summed E-state index contributed by atoms with van der Waals surface area (Å²) in [6.45, 7) is 5.60. The SMILES string of the molecule is CC(C)CN1C[C@]23C=C[C@H](O2)[C@@H](C(=O)OCc2ccccc2)[C@@H]3C1=O. The summed E-state index contributed by atoms with van der Waals surface area (Å²) in [6.07, 6.45) is 3.54. The Hall–Kier alpha value is -2.14. The van der Waals surface area contributed by atoms with Gasteiger partial charge in [-0.3, -0.25) is 9.59 Å². The fourth-order valence-electron chi connectivity index (χ4n) is 4.27. The second-order valence-electron chi connectivity index (χ2n) is 7.61. The summed E-state index contributed by atoms with van der Waals surface area (Å²) in [7, 11) is 0. The standard InChI is InChI=1S/C20H23NO4/c1-13(2)10-21-12-20-9-8-15(25-20)16(17(20)18(21)22)19(23)24-11-14-6-4-3-5-7-14/h3-9,13,15-17H,10-12H2,1-2H3/t15-,16+,17+,20-/m0/s1.